The second-order valence-corrected chi connectivity index (χ2v) is 4.77. The summed E-state index contributed by atoms with van der Waals surface area (Å²) in [5, 5.41) is 20.2. The molecule has 5 nitrogen and oxygen atoms in total. The number of carbonyl (C=O) groups excluding carboxylic acids is 1. The van der Waals surface area contributed by atoms with E-state index in [0.717, 1.165) is 0 Å². The zero-order valence-electron chi connectivity index (χ0n) is 10.3. The number of aliphatic hydroxyl groups excluding tert-OH is 2. The zero-order chi connectivity index (χ0) is 12.6. The highest BCUT2D eigenvalue weighted by Crippen LogP contribution is 2.08. The first-order chi connectivity index (χ1) is 7.39. The molecule has 5 heteroatoms. The van der Waals surface area contributed by atoms with Crippen LogP contribution in [0.3, 0.4) is 0 Å². The van der Waals surface area contributed by atoms with E-state index >= 15 is 0 Å². The summed E-state index contributed by atoms with van der Waals surface area (Å²) >= 11 is 0. The molecule has 0 aromatic carbocycles. The zero-order valence-corrected chi connectivity index (χ0v) is 10.3. The SMILES string of the molecule is CC(C)(C)OC(=O)NCC(CCO)CCO. The Bertz CT molecular complexity index is 195. The molecular weight excluding hydrogens is 210 g/mol. The Morgan fingerprint density at radius 2 is 1.75 bits per heavy atom. The minimum Gasteiger partial charge on any atom is -0.444 e. The van der Waals surface area contributed by atoms with Gasteiger partial charge in [-0.15, -0.1) is 0 Å². The number of hydrogen-bond acceptors (Lipinski definition) is 4. The Morgan fingerprint density at radius 3 is 2.12 bits per heavy atom. The van der Waals surface area contributed by atoms with Crippen LogP contribution in [-0.4, -0.2) is 41.7 Å². The standard InChI is InChI=1S/C11H23NO4/c1-11(2,3)16-10(15)12-8-9(4-6-13)5-7-14/h9,13-14H,4-8H2,1-3H3,(H,12,15). The van der Waals surface area contributed by atoms with Crippen LogP contribution in [0.15, 0.2) is 0 Å². The predicted octanol–water partition coefficient (Wildman–Crippen LogP) is 0.892. The normalized spacial score (nSPS) is 11.6. The smallest absolute Gasteiger partial charge is 0.407 e. The number of hydrogen-bond donors (Lipinski definition) is 3. The largest absolute Gasteiger partial charge is 0.444 e. The molecule has 0 radical (unpaired) electrons. The number of alkyl carbamates (subject to hydrolysis) is 1. The number of rotatable bonds is 6. The monoisotopic (exact) mass is 233 g/mol. The van der Waals surface area contributed by atoms with Crippen molar-refractivity contribution in [2.45, 2.75) is 39.2 Å². The van der Waals surface area contributed by atoms with Crippen molar-refractivity contribution in [3.05, 3.63) is 0 Å². The molecule has 0 rings (SSSR count). The average Bonchev–Trinajstić information content (AvgIpc) is 2.12. The number of nitrogens with one attached hydrogen (secondary N) is 1. The van der Waals surface area contributed by atoms with Gasteiger partial charge in [0.05, 0.1) is 0 Å². The van der Waals surface area contributed by atoms with Gasteiger partial charge in [0.25, 0.3) is 0 Å². The minimum atomic E-state index is -0.506. The molecule has 0 aliphatic rings. The molecule has 0 aromatic rings. The fourth-order valence-corrected chi connectivity index (χ4v) is 1.26. The van der Waals surface area contributed by atoms with Crippen molar-refractivity contribution in [2.75, 3.05) is 19.8 Å². The summed E-state index contributed by atoms with van der Waals surface area (Å²) < 4.78 is 5.07. The predicted molar refractivity (Wildman–Crippen MR) is 61.1 cm³/mol. The van der Waals surface area contributed by atoms with Gasteiger partial charge in [-0.3, -0.25) is 0 Å². The molecule has 0 saturated heterocycles. The van der Waals surface area contributed by atoms with Crippen molar-refractivity contribution in [3.8, 4) is 0 Å². The highest BCUT2D eigenvalue weighted by molar-refractivity contribution is 5.67. The van der Waals surface area contributed by atoms with E-state index in [2.05, 4.69) is 5.32 Å². The van der Waals surface area contributed by atoms with Crippen LogP contribution in [-0.2, 0) is 4.74 Å². The van der Waals surface area contributed by atoms with Crippen LogP contribution in [0.5, 0.6) is 0 Å². The molecule has 16 heavy (non-hydrogen) atoms. The maximum Gasteiger partial charge on any atom is 0.407 e. The summed E-state index contributed by atoms with van der Waals surface area (Å²) in [7, 11) is 0. The van der Waals surface area contributed by atoms with Crippen LogP contribution in [0, 0.1) is 5.92 Å². The summed E-state index contributed by atoms with van der Waals surface area (Å²) in [6.45, 7) is 5.92. The van der Waals surface area contributed by atoms with E-state index in [4.69, 9.17) is 14.9 Å². The molecule has 0 bridgehead atoms. The highest BCUT2D eigenvalue weighted by atomic mass is 16.6. The average molecular weight is 233 g/mol. The van der Waals surface area contributed by atoms with Gasteiger partial charge in [0.15, 0.2) is 0 Å². The van der Waals surface area contributed by atoms with Crippen molar-refractivity contribution in [1.82, 2.24) is 5.32 Å². The molecule has 0 heterocycles. The number of ether oxygens (including phenoxy) is 1. The summed E-state index contributed by atoms with van der Waals surface area (Å²) in [5.41, 5.74) is -0.506. The van der Waals surface area contributed by atoms with Gasteiger partial charge in [-0.1, -0.05) is 0 Å². The Labute approximate surface area is 96.8 Å². The molecular formula is C11H23NO4. The molecule has 0 aliphatic carbocycles. The van der Waals surface area contributed by atoms with Gasteiger partial charge in [-0.25, -0.2) is 4.79 Å². The van der Waals surface area contributed by atoms with Crippen LogP contribution >= 0.6 is 0 Å². The molecule has 0 unspecified atom stereocenters. The van der Waals surface area contributed by atoms with Crippen molar-refractivity contribution in [3.63, 3.8) is 0 Å². The third-order valence-corrected chi connectivity index (χ3v) is 2.01. The van der Waals surface area contributed by atoms with Crippen LogP contribution in [0.2, 0.25) is 0 Å². The molecule has 1 amide bonds. The third kappa shape index (κ3) is 8.49. The topological polar surface area (TPSA) is 78.8 Å². The van der Waals surface area contributed by atoms with E-state index in [1.165, 1.54) is 0 Å². The van der Waals surface area contributed by atoms with Crippen molar-refractivity contribution in [1.29, 1.82) is 0 Å². The lowest BCUT2D eigenvalue weighted by atomic mass is 10.0. The first kappa shape index (κ1) is 15.2. The summed E-state index contributed by atoms with van der Waals surface area (Å²) in [6.07, 6.45) is 0.667. The third-order valence-electron chi connectivity index (χ3n) is 2.01. The molecule has 0 spiro atoms. The highest BCUT2D eigenvalue weighted by Gasteiger charge is 2.17. The van der Waals surface area contributed by atoms with Crippen LogP contribution in [0.4, 0.5) is 4.79 Å². The summed E-state index contributed by atoms with van der Waals surface area (Å²) in [5.74, 6) is 0.0857. The fourth-order valence-electron chi connectivity index (χ4n) is 1.26. The maximum absolute atomic E-state index is 11.3. The van der Waals surface area contributed by atoms with Gasteiger partial charge in [0.1, 0.15) is 5.60 Å². The molecule has 0 saturated carbocycles. The Kier molecular flexibility index (Phi) is 7.08. The van der Waals surface area contributed by atoms with Crippen molar-refractivity contribution >= 4 is 6.09 Å². The maximum atomic E-state index is 11.3. The van der Waals surface area contributed by atoms with E-state index in [1.54, 1.807) is 20.8 Å². The first-order valence-corrected chi connectivity index (χ1v) is 5.57. The second-order valence-electron chi connectivity index (χ2n) is 4.77. The van der Waals surface area contributed by atoms with Crippen LogP contribution < -0.4 is 5.32 Å². The molecule has 3 N–H and O–H groups in total. The van der Waals surface area contributed by atoms with Crippen LogP contribution in [0.25, 0.3) is 0 Å². The summed E-state index contributed by atoms with van der Waals surface area (Å²) in [6, 6.07) is 0. The Morgan fingerprint density at radius 1 is 1.25 bits per heavy atom. The van der Waals surface area contributed by atoms with Gasteiger partial charge in [-0.05, 0) is 39.5 Å². The van der Waals surface area contributed by atoms with E-state index in [0.29, 0.717) is 19.4 Å². The van der Waals surface area contributed by atoms with Gasteiger partial charge < -0.3 is 20.3 Å². The molecule has 0 fully saturated rings. The molecule has 96 valence electrons. The molecule has 0 aliphatic heterocycles. The van der Waals surface area contributed by atoms with Gasteiger partial charge in [0, 0.05) is 19.8 Å². The lowest BCUT2D eigenvalue weighted by Gasteiger charge is -2.21. The van der Waals surface area contributed by atoms with Gasteiger partial charge >= 0.3 is 6.09 Å². The Balaban J connectivity index is 3.86. The van der Waals surface area contributed by atoms with Crippen molar-refractivity contribution < 1.29 is 19.7 Å². The second kappa shape index (κ2) is 7.46. The van der Waals surface area contributed by atoms with Crippen LogP contribution in [0.1, 0.15) is 33.6 Å². The lowest BCUT2D eigenvalue weighted by Crippen LogP contribution is -2.35. The van der Waals surface area contributed by atoms with E-state index < -0.39 is 11.7 Å². The molecule has 0 atom stereocenters. The number of amides is 1. The van der Waals surface area contributed by atoms with E-state index in [1.807, 2.05) is 0 Å². The Hall–Kier alpha value is -0.810. The molecule has 0 aromatic heterocycles. The number of carbonyl (C=O) groups is 1. The van der Waals surface area contributed by atoms with E-state index in [9.17, 15) is 4.79 Å². The fraction of sp³-hybridized carbons (Fsp3) is 0.909. The lowest BCUT2D eigenvalue weighted by molar-refractivity contribution is 0.0512. The van der Waals surface area contributed by atoms with Crippen molar-refractivity contribution in [2.24, 2.45) is 5.92 Å². The van der Waals surface area contributed by atoms with Gasteiger partial charge in [0.2, 0.25) is 0 Å². The minimum absolute atomic E-state index is 0.0562. The summed E-state index contributed by atoms with van der Waals surface area (Å²) in [4.78, 5) is 11.3. The van der Waals surface area contributed by atoms with E-state index in [-0.39, 0.29) is 19.1 Å². The van der Waals surface area contributed by atoms with Gasteiger partial charge in [-0.2, -0.15) is 0 Å². The number of aliphatic hydroxyl groups is 2. The first-order valence-electron chi connectivity index (χ1n) is 5.57. The quantitative estimate of drug-likeness (QED) is 0.636.